The van der Waals surface area contributed by atoms with Gasteiger partial charge in [-0.25, -0.2) is 0 Å². The number of benzene rings is 1. The molecule has 0 spiro atoms. The molecule has 0 heterocycles. The van der Waals surface area contributed by atoms with Crippen LogP contribution in [0.5, 0.6) is 0 Å². The number of halogens is 3. The maximum atomic E-state index is 12.5. The molecule has 1 N–H and O–H groups in total. The second kappa shape index (κ2) is 7.67. The summed E-state index contributed by atoms with van der Waals surface area (Å²) in [7, 11) is 0. The lowest BCUT2D eigenvalue weighted by atomic mass is 9.90. The normalized spacial score (nSPS) is 13.8. The van der Waals surface area contributed by atoms with Crippen molar-refractivity contribution in [3.8, 4) is 0 Å². The maximum Gasteiger partial charge on any atom is 0.416 e. The zero-order valence-electron chi connectivity index (χ0n) is 12.4. The van der Waals surface area contributed by atoms with Crippen molar-refractivity contribution in [3.05, 3.63) is 35.4 Å². The monoisotopic (exact) mass is 287 g/mol. The summed E-state index contributed by atoms with van der Waals surface area (Å²) in [6, 6.07) is 5.55. The third kappa shape index (κ3) is 5.95. The van der Waals surface area contributed by atoms with E-state index in [1.54, 1.807) is 12.1 Å². The molecule has 0 aliphatic heterocycles. The van der Waals surface area contributed by atoms with E-state index in [0.717, 1.165) is 31.5 Å². The molecule has 0 amide bonds. The van der Waals surface area contributed by atoms with Crippen molar-refractivity contribution >= 4 is 0 Å². The van der Waals surface area contributed by atoms with E-state index in [2.05, 4.69) is 26.1 Å². The van der Waals surface area contributed by atoms with E-state index in [9.17, 15) is 13.2 Å². The van der Waals surface area contributed by atoms with Crippen LogP contribution in [0.15, 0.2) is 24.3 Å². The minimum atomic E-state index is -4.25. The summed E-state index contributed by atoms with van der Waals surface area (Å²) in [5.74, 6) is 1.06. The standard InChI is InChI=1S/C16H24F3N/c1-4-20-11-14(9-12(2)3)10-13-5-7-15(8-6-13)16(17,18)19/h5-8,12,14,20H,4,9-11H2,1-3H3. The molecule has 0 bridgehead atoms. The highest BCUT2D eigenvalue weighted by Gasteiger charge is 2.29. The fourth-order valence-corrected chi connectivity index (χ4v) is 2.42. The fourth-order valence-electron chi connectivity index (χ4n) is 2.42. The molecule has 1 rings (SSSR count). The first kappa shape index (κ1) is 17.0. The van der Waals surface area contributed by atoms with E-state index in [0.29, 0.717) is 11.8 Å². The number of rotatable bonds is 7. The Bertz CT molecular complexity index is 382. The lowest BCUT2D eigenvalue weighted by Crippen LogP contribution is -2.25. The second-order valence-electron chi connectivity index (χ2n) is 5.70. The molecule has 0 radical (unpaired) electrons. The summed E-state index contributed by atoms with van der Waals surface area (Å²) in [5.41, 5.74) is 0.398. The van der Waals surface area contributed by atoms with E-state index in [1.807, 2.05) is 0 Å². The van der Waals surface area contributed by atoms with Gasteiger partial charge in [0.1, 0.15) is 0 Å². The lowest BCUT2D eigenvalue weighted by molar-refractivity contribution is -0.137. The van der Waals surface area contributed by atoms with Crippen LogP contribution in [0.25, 0.3) is 0 Å². The molecular formula is C16H24F3N. The van der Waals surface area contributed by atoms with Gasteiger partial charge in [0.05, 0.1) is 5.56 Å². The van der Waals surface area contributed by atoms with Crippen LogP contribution < -0.4 is 5.32 Å². The molecule has 20 heavy (non-hydrogen) atoms. The second-order valence-corrected chi connectivity index (χ2v) is 5.70. The molecule has 0 fully saturated rings. The van der Waals surface area contributed by atoms with Crippen LogP contribution >= 0.6 is 0 Å². The van der Waals surface area contributed by atoms with E-state index < -0.39 is 11.7 Å². The molecule has 1 aromatic rings. The van der Waals surface area contributed by atoms with Crippen LogP contribution in [-0.4, -0.2) is 13.1 Å². The lowest BCUT2D eigenvalue weighted by Gasteiger charge is -2.19. The van der Waals surface area contributed by atoms with Gasteiger partial charge < -0.3 is 5.32 Å². The van der Waals surface area contributed by atoms with Gasteiger partial charge in [0, 0.05) is 0 Å². The largest absolute Gasteiger partial charge is 0.416 e. The molecule has 0 saturated carbocycles. The van der Waals surface area contributed by atoms with Crippen LogP contribution in [-0.2, 0) is 12.6 Å². The van der Waals surface area contributed by atoms with Crippen LogP contribution in [0, 0.1) is 11.8 Å². The minimum Gasteiger partial charge on any atom is -0.317 e. The quantitative estimate of drug-likeness (QED) is 0.777. The summed E-state index contributed by atoms with van der Waals surface area (Å²) < 4.78 is 37.5. The third-order valence-corrected chi connectivity index (χ3v) is 3.29. The highest BCUT2D eigenvalue weighted by atomic mass is 19.4. The summed E-state index contributed by atoms with van der Waals surface area (Å²) in [4.78, 5) is 0. The zero-order valence-corrected chi connectivity index (χ0v) is 12.4. The van der Waals surface area contributed by atoms with Gasteiger partial charge in [0.25, 0.3) is 0 Å². The van der Waals surface area contributed by atoms with E-state index >= 15 is 0 Å². The molecule has 114 valence electrons. The smallest absolute Gasteiger partial charge is 0.317 e. The summed E-state index contributed by atoms with van der Waals surface area (Å²) in [5, 5.41) is 3.33. The van der Waals surface area contributed by atoms with Gasteiger partial charge in [-0.2, -0.15) is 13.2 Å². The van der Waals surface area contributed by atoms with E-state index in [-0.39, 0.29) is 0 Å². The Kier molecular flexibility index (Phi) is 6.53. The zero-order chi connectivity index (χ0) is 15.2. The molecule has 0 aliphatic rings. The Morgan fingerprint density at radius 3 is 2.15 bits per heavy atom. The third-order valence-electron chi connectivity index (χ3n) is 3.29. The Labute approximate surface area is 119 Å². The topological polar surface area (TPSA) is 12.0 Å². The van der Waals surface area contributed by atoms with Crippen LogP contribution in [0.3, 0.4) is 0 Å². The number of hydrogen-bond acceptors (Lipinski definition) is 1. The Morgan fingerprint density at radius 2 is 1.70 bits per heavy atom. The van der Waals surface area contributed by atoms with Gasteiger partial charge in [-0.05, 0) is 55.5 Å². The summed E-state index contributed by atoms with van der Waals surface area (Å²) >= 11 is 0. The van der Waals surface area contributed by atoms with Crippen molar-refractivity contribution in [1.29, 1.82) is 0 Å². The Hall–Kier alpha value is -1.03. The van der Waals surface area contributed by atoms with Crippen molar-refractivity contribution in [2.75, 3.05) is 13.1 Å². The molecule has 1 atom stereocenters. The first-order valence-corrected chi connectivity index (χ1v) is 7.19. The molecule has 0 saturated heterocycles. The summed E-state index contributed by atoms with van der Waals surface area (Å²) in [6.07, 6.45) is -2.35. The molecule has 0 aromatic heterocycles. The predicted molar refractivity (Wildman–Crippen MR) is 76.6 cm³/mol. The summed E-state index contributed by atoms with van der Waals surface area (Å²) in [6.45, 7) is 8.24. The van der Waals surface area contributed by atoms with Crippen molar-refractivity contribution < 1.29 is 13.2 Å². The number of nitrogens with one attached hydrogen (secondary N) is 1. The molecule has 1 nitrogen and oxygen atoms in total. The van der Waals surface area contributed by atoms with Crippen molar-refractivity contribution in [3.63, 3.8) is 0 Å². The molecule has 0 aliphatic carbocycles. The highest BCUT2D eigenvalue weighted by molar-refractivity contribution is 5.24. The van der Waals surface area contributed by atoms with Gasteiger partial charge in [-0.15, -0.1) is 0 Å². The van der Waals surface area contributed by atoms with E-state index in [1.165, 1.54) is 12.1 Å². The average Bonchev–Trinajstić information content (AvgIpc) is 2.35. The first-order chi connectivity index (χ1) is 9.32. The minimum absolute atomic E-state index is 0.465. The predicted octanol–water partition coefficient (Wildman–Crippen LogP) is 4.52. The van der Waals surface area contributed by atoms with Crippen molar-refractivity contribution in [1.82, 2.24) is 5.32 Å². The van der Waals surface area contributed by atoms with E-state index in [4.69, 9.17) is 0 Å². The van der Waals surface area contributed by atoms with Gasteiger partial charge in [-0.3, -0.25) is 0 Å². The Balaban J connectivity index is 2.68. The van der Waals surface area contributed by atoms with Crippen molar-refractivity contribution in [2.45, 2.75) is 39.8 Å². The first-order valence-electron chi connectivity index (χ1n) is 7.19. The molecular weight excluding hydrogens is 263 g/mol. The molecule has 4 heteroatoms. The van der Waals surface area contributed by atoms with Gasteiger partial charge >= 0.3 is 6.18 Å². The highest BCUT2D eigenvalue weighted by Crippen LogP contribution is 2.29. The molecule has 1 unspecified atom stereocenters. The van der Waals surface area contributed by atoms with Crippen LogP contribution in [0.1, 0.15) is 38.3 Å². The Morgan fingerprint density at radius 1 is 1.10 bits per heavy atom. The fraction of sp³-hybridized carbons (Fsp3) is 0.625. The number of hydrogen-bond donors (Lipinski definition) is 1. The maximum absolute atomic E-state index is 12.5. The van der Waals surface area contributed by atoms with Gasteiger partial charge in [-0.1, -0.05) is 32.9 Å². The average molecular weight is 287 g/mol. The SMILES string of the molecule is CCNCC(Cc1ccc(C(F)(F)F)cc1)CC(C)C. The molecule has 1 aromatic carbocycles. The van der Waals surface area contributed by atoms with Gasteiger partial charge in [0.15, 0.2) is 0 Å². The van der Waals surface area contributed by atoms with Crippen LogP contribution in [0.2, 0.25) is 0 Å². The van der Waals surface area contributed by atoms with Crippen LogP contribution in [0.4, 0.5) is 13.2 Å². The number of alkyl halides is 3. The van der Waals surface area contributed by atoms with Crippen molar-refractivity contribution in [2.24, 2.45) is 11.8 Å². The van der Waals surface area contributed by atoms with Gasteiger partial charge in [0.2, 0.25) is 0 Å².